The molecule has 0 fully saturated rings. The number of ether oxygens (including phenoxy) is 4. The van der Waals surface area contributed by atoms with Gasteiger partial charge in [0.1, 0.15) is 36.8 Å². The molecule has 38 nitrogen and oxygen atoms in total. The van der Waals surface area contributed by atoms with E-state index in [4.69, 9.17) is 28.9 Å². The number of fused-ring (bicyclic) bond motifs is 7. The number of cyclic esters (lactones) is 2. The predicted molar refractivity (Wildman–Crippen MR) is 422 cm³/mol. The molecule has 11 rings (SSSR count). The van der Waals surface area contributed by atoms with E-state index in [9.17, 15) is 86.9 Å². The lowest BCUT2D eigenvalue weighted by molar-refractivity contribution is -0.172. The zero-order valence-electron chi connectivity index (χ0n) is 66.8. The SMILES string of the molecule is C=C1c2nc3ccc(OC(=O)NCCNC(=O)CCCNC(=O)[C@@H](NC(=O)CCCN4C(=O)C=CC4=O)[C@H](NC(=O)CCCN4C(=O)C=CC4=O)C(=O)NCCCC(=O)NCCNC(=O)Oc4ccc5nc6c(cc5c4CN(C)C)Cn4c-6cc5c(c4=O)COC(=O)[C@]5(O)CC)c(CN(C)C)c3cc2CN1C(=O)C1=C(C)[C@@](O)(CC)C(=O)OC1. The minimum atomic E-state index is -2.01. The van der Waals surface area contributed by atoms with E-state index in [0.29, 0.717) is 73.4 Å². The van der Waals surface area contributed by atoms with Crippen molar-refractivity contribution in [1.29, 1.82) is 0 Å². The molecule has 630 valence electrons. The Bertz CT molecular complexity index is 5170. The first-order valence-electron chi connectivity index (χ1n) is 38.9. The van der Waals surface area contributed by atoms with Crippen LogP contribution in [0.1, 0.15) is 124 Å². The highest BCUT2D eigenvalue weighted by molar-refractivity contribution is 6.14. The first kappa shape index (κ1) is 86.9. The number of aromatic nitrogens is 3. The maximum atomic E-state index is 14.4. The second-order valence-electron chi connectivity index (χ2n) is 29.8. The number of nitrogens with zero attached hydrogens (tertiary/aromatic N) is 8. The monoisotopic (exact) mass is 1640 g/mol. The predicted octanol–water partition coefficient (Wildman–Crippen LogP) is 0.360. The number of imide groups is 2. The maximum Gasteiger partial charge on any atom is 0.412 e. The van der Waals surface area contributed by atoms with Gasteiger partial charge in [0.25, 0.3) is 35.1 Å². The van der Waals surface area contributed by atoms with Crippen molar-refractivity contribution in [2.45, 2.75) is 141 Å². The van der Waals surface area contributed by atoms with Gasteiger partial charge in [0.05, 0.1) is 58.0 Å². The molecule has 119 heavy (non-hydrogen) atoms. The van der Waals surface area contributed by atoms with Gasteiger partial charge in [-0.05, 0) is 122 Å². The second-order valence-corrected chi connectivity index (χ2v) is 29.8. The fourth-order valence-corrected chi connectivity index (χ4v) is 14.6. The molecule has 0 saturated heterocycles. The molecule has 0 aliphatic carbocycles. The molecule has 0 bridgehead atoms. The van der Waals surface area contributed by atoms with Gasteiger partial charge in [-0.1, -0.05) is 20.4 Å². The molecule has 5 aromatic rings. The minimum Gasteiger partial charge on any atom is -0.458 e. The Morgan fingerprint density at radius 1 is 0.546 bits per heavy atom. The molecule has 13 amide bonds. The summed E-state index contributed by atoms with van der Waals surface area (Å²) in [5, 5.41) is 44.4. The average molecular weight is 1640 g/mol. The van der Waals surface area contributed by atoms with Gasteiger partial charge < -0.3 is 91.0 Å². The number of amides is 13. The number of nitrogens with one attached hydrogen (secondary N) is 8. The average Bonchev–Trinajstić information content (AvgIpc) is 1.60. The van der Waals surface area contributed by atoms with Crippen LogP contribution in [0.4, 0.5) is 9.59 Å². The third kappa shape index (κ3) is 19.5. The summed E-state index contributed by atoms with van der Waals surface area (Å²) in [6, 6.07) is 8.00. The van der Waals surface area contributed by atoms with Crippen molar-refractivity contribution >= 4 is 117 Å². The van der Waals surface area contributed by atoms with Crippen LogP contribution in [0, 0.1) is 0 Å². The summed E-state index contributed by atoms with van der Waals surface area (Å²) < 4.78 is 23.6. The smallest absolute Gasteiger partial charge is 0.412 e. The molecule has 38 heteroatoms. The Balaban J connectivity index is 0.672. The molecule has 9 heterocycles. The van der Waals surface area contributed by atoms with Crippen molar-refractivity contribution < 1.29 is 101 Å². The topological polar surface area (TPSA) is 494 Å². The number of aliphatic hydroxyl groups is 2. The fourth-order valence-electron chi connectivity index (χ4n) is 14.6. The number of hydrogen-bond donors (Lipinski definition) is 10. The van der Waals surface area contributed by atoms with Crippen molar-refractivity contribution in [3.63, 3.8) is 0 Å². The Labute approximate surface area is 681 Å². The van der Waals surface area contributed by atoms with Crippen molar-refractivity contribution in [2.75, 3.05) is 87.2 Å². The van der Waals surface area contributed by atoms with E-state index < -0.39 is 131 Å². The first-order valence-corrected chi connectivity index (χ1v) is 38.9. The van der Waals surface area contributed by atoms with Gasteiger partial charge in [-0.2, -0.15) is 0 Å². The van der Waals surface area contributed by atoms with E-state index in [1.54, 1.807) is 44.2 Å². The summed E-state index contributed by atoms with van der Waals surface area (Å²) in [5.41, 5.74) is 1.47. The van der Waals surface area contributed by atoms with Gasteiger partial charge in [-0.15, -0.1) is 0 Å². The molecular weight excluding hydrogens is 1550 g/mol. The van der Waals surface area contributed by atoms with E-state index in [-0.39, 0.29) is 170 Å². The summed E-state index contributed by atoms with van der Waals surface area (Å²) in [6.07, 6.45) is 1.13. The zero-order valence-corrected chi connectivity index (χ0v) is 66.8. The summed E-state index contributed by atoms with van der Waals surface area (Å²) >= 11 is 0. The van der Waals surface area contributed by atoms with Gasteiger partial charge in [0, 0.05) is 154 Å². The molecular formula is C81H94N16O22. The molecule has 4 atom stereocenters. The quantitative estimate of drug-likeness (QED) is 0.0144. The van der Waals surface area contributed by atoms with Crippen molar-refractivity contribution in [1.82, 2.24) is 81.6 Å². The lowest BCUT2D eigenvalue weighted by Gasteiger charge is -2.33. The summed E-state index contributed by atoms with van der Waals surface area (Å²) in [5.74, 6) is -8.95. The zero-order chi connectivity index (χ0) is 85.9. The molecule has 6 aliphatic heterocycles. The number of benzene rings is 2. The third-order valence-electron chi connectivity index (χ3n) is 21.1. The molecule has 3 aromatic heterocycles. The maximum absolute atomic E-state index is 14.4. The van der Waals surface area contributed by atoms with Crippen LogP contribution in [0.2, 0.25) is 0 Å². The Morgan fingerprint density at radius 2 is 0.983 bits per heavy atom. The highest BCUT2D eigenvalue weighted by atomic mass is 16.6. The molecule has 6 aliphatic rings. The lowest BCUT2D eigenvalue weighted by atomic mass is 9.86. The van der Waals surface area contributed by atoms with Gasteiger partial charge in [-0.25, -0.2) is 29.1 Å². The minimum absolute atomic E-state index is 0.00299. The number of carbonyl (C=O) groups excluding carboxylic acids is 15. The highest BCUT2D eigenvalue weighted by Gasteiger charge is 2.48. The van der Waals surface area contributed by atoms with Gasteiger partial charge in [0.15, 0.2) is 11.2 Å². The molecule has 0 radical (unpaired) electrons. The van der Waals surface area contributed by atoms with Gasteiger partial charge in [0.2, 0.25) is 35.4 Å². The normalized spacial score (nSPS) is 17.6. The summed E-state index contributed by atoms with van der Waals surface area (Å²) in [7, 11) is 7.28. The summed E-state index contributed by atoms with van der Waals surface area (Å²) in [4.78, 5) is 228. The van der Waals surface area contributed by atoms with Gasteiger partial charge in [-0.3, -0.25) is 67.3 Å². The van der Waals surface area contributed by atoms with Crippen molar-refractivity contribution in [2.24, 2.45) is 0 Å². The van der Waals surface area contributed by atoms with Crippen LogP contribution in [0.15, 0.2) is 89.3 Å². The van der Waals surface area contributed by atoms with Crippen LogP contribution in [0.5, 0.6) is 11.5 Å². The van der Waals surface area contributed by atoms with Gasteiger partial charge >= 0.3 is 24.1 Å². The van der Waals surface area contributed by atoms with Crippen LogP contribution in [0.3, 0.4) is 0 Å². The standard InChI is InChI=1S/C81H94N16O22/c1-9-80(114)44(3)52(42-116-76(80)110)74(108)96-38-46-35-48-50(40-92(5)6)58(21-19-55(48)88-68(46)45(96)4)118-78(112)86-31-29-82-60(98)15-11-27-84-72(106)70(90-62(100)17-13-33-94-64(102)23-24-65(94)103)71(91-63(101)18-14-34-95-66(104)25-26-67(95)105)73(107)85-28-12-16-61(99)83-30-32-87-79(113)119-59-22-20-56-49(51(59)41-93(7)8)36-47-39-97-57(69(47)89-56)37-54-53(75(97)109)43-117-77(111)81(54,115)10-2/h19-26,35-37,70-71,114-115H,4,9-18,27-34,38-43H2,1-3,5-8H3,(H,82,98)(H,83,99)(H,84,106)(H,85,107)(H,86,112)(H,87,113)(H,90,100)(H,91,101)/t70-,71-,80-,81-/m0/s1. The van der Waals surface area contributed by atoms with E-state index in [1.807, 2.05) is 50.1 Å². The van der Waals surface area contributed by atoms with Crippen molar-refractivity contribution in [3.05, 3.63) is 134 Å². The molecule has 2 aromatic carbocycles. The largest absolute Gasteiger partial charge is 0.458 e. The Kier molecular flexibility index (Phi) is 27.4. The van der Waals surface area contributed by atoms with Crippen molar-refractivity contribution in [3.8, 4) is 22.9 Å². The number of rotatable bonds is 36. The third-order valence-corrected chi connectivity index (χ3v) is 21.1. The molecule has 10 N–H and O–H groups in total. The van der Waals surface area contributed by atoms with E-state index in [2.05, 4.69) is 49.1 Å². The highest BCUT2D eigenvalue weighted by Crippen LogP contribution is 2.42. The lowest BCUT2D eigenvalue weighted by Crippen LogP contribution is -2.63. The first-order chi connectivity index (χ1) is 56.7. The second kappa shape index (κ2) is 37.5. The van der Waals surface area contributed by atoms with E-state index in [0.717, 1.165) is 34.1 Å². The van der Waals surface area contributed by atoms with E-state index in [1.165, 1.54) is 16.4 Å². The number of esters is 2. The van der Waals surface area contributed by atoms with E-state index >= 15 is 0 Å². The number of carbonyl (C=O) groups is 15. The molecule has 0 spiro atoms. The van der Waals surface area contributed by atoms with Crippen LogP contribution < -0.4 is 57.6 Å². The number of hydrogen-bond acceptors (Lipinski definition) is 26. The Morgan fingerprint density at radius 3 is 1.45 bits per heavy atom. The van der Waals surface area contributed by atoms with Crippen LogP contribution in [0.25, 0.3) is 38.9 Å². The fraction of sp³-hybridized carbons (Fsp3) is 0.432. The van der Waals surface area contributed by atoms with Crippen LogP contribution in [-0.4, -0.2) is 243 Å². The van der Waals surface area contributed by atoms with Crippen LogP contribution >= 0.6 is 0 Å². The number of pyridine rings is 3. The Hall–Kier alpha value is -12.9. The molecule has 0 saturated carbocycles. The van der Waals surface area contributed by atoms with Crippen LogP contribution in [-0.2, 0) is 110 Å². The molecule has 0 unspecified atom stereocenters. The summed E-state index contributed by atoms with van der Waals surface area (Å²) in [6.45, 7) is 7.87.